The van der Waals surface area contributed by atoms with Gasteiger partial charge in [-0.1, -0.05) is 44.7 Å². The molecule has 4 atom stereocenters. The third kappa shape index (κ3) is 5.61. The van der Waals surface area contributed by atoms with Gasteiger partial charge in [0.2, 0.25) is 0 Å². The molecule has 1 amide bonds. The number of rotatable bonds is 8. The predicted molar refractivity (Wildman–Crippen MR) is 189 cm³/mol. The van der Waals surface area contributed by atoms with Gasteiger partial charge in [0, 0.05) is 54.5 Å². The zero-order valence-corrected chi connectivity index (χ0v) is 28.8. The molecular weight excluding hydrogens is 657 g/mol. The van der Waals surface area contributed by atoms with Gasteiger partial charge in [-0.3, -0.25) is 14.8 Å². The number of ether oxygens (including phenoxy) is 1. The van der Waals surface area contributed by atoms with E-state index in [1.54, 1.807) is 18.2 Å². The topological polar surface area (TPSA) is 94.9 Å². The standard InChI is InChI=1S/C39H41F3N6O3/c1-4-22-14-39(15-23(5-2)18-47(39)17-22)21-51-37-44-34-30(36(45-37)46-19-27-10-11-28(20-46)48(27)38(49)50)16-43-33(32(34)40)29-13-26(35(41)42)12-25-9-7-8-24(6-3)31(25)29/h3,7-9,12-13,16,22-23,27-28,35H,4-5,10-11,14-15,17-21H2,1-2H3,(H,49,50)/t22?,23?,27-,28+,39?. The molecule has 2 aromatic heterocycles. The molecule has 6 heterocycles. The van der Waals surface area contributed by atoms with Gasteiger partial charge in [-0.2, -0.15) is 9.97 Å². The lowest BCUT2D eigenvalue weighted by Gasteiger charge is -2.40. The first-order valence-electron chi connectivity index (χ1n) is 17.9. The fourth-order valence-corrected chi connectivity index (χ4v) is 9.37. The minimum Gasteiger partial charge on any atom is -0.465 e. The maximum atomic E-state index is 17.1. The van der Waals surface area contributed by atoms with E-state index in [-0.39, 0.29) is 46.0 Å². The number of hydrogen-bond acceptors (Lipinski definition) is 7. The molecule has 9 nitrogen and oxygen atoms in total. The van der Waals surface area contributed by atoms with Crippen molar-refractivity contribution in [3.63, 3.8) is 0 Å². The van der Waals surface area contributed by atoms with Gasteiger partial charge in [0.25, 0.3) is 6.43 Å². The Kier molecular flexibility index (Phi) is 8.44. The SMILES string of the molecule is C#Cc1cccc2cc(C(F)F)cc(-c3ncc4c(N5C[C@H]6CC[C@@H](C5)N6C(=O)O)nc(OCC56CC(CC)CN5CC(CC)C6)nc4c3F)c12. The van der Waals surface area contributed by atoms with Crippen molar-refractivity contribution >= 4 is 33.6 Å². The number of fused-ring (bicyclic) bond motifs is 5. The molecule has 4 fully saturated rings. The summed E-state index contributed by atoms with van der Waals surface area (Å²) in [7, 11) is 0. The van der Waals surface area contributed by atoms with Crippen LogP contribution in [0.5, 0.6) is 6.01 Å². The molecule has 0 aliphatic carbocycles. The normalized spacial score (nSPS) is 26.0. The Labute approximate surface area is 294 Å². The first-order valence-corrected chi connectivity index (χ1v) is 17.9. The summed E-state index contributed by atoms with van der Waals surface area (Å²) in [4.78, 5) is 32.2. The third-order valence-corrected chi connectivity index (χ3v) is 11.9. The highest BCUT2D eigenvalue weighted by Gasteiger charge is 2.51. The highest BCUT2D eigenvalue weighted by atomic mass is 19.3. The van der Waals surface area contributed by atoms with Gasteiger partial charge in [0.1, 0.15) is 23.6 Å². The molecule has 2 unspecified atom stereocenters. The molecule has 4 aromatic rings. The molecule has 4 aliphatic heterocycles. The van der Waals surface area contributed by atoms with Crippen LogP contribution in [0.15, 0.2) is 36.5 Å². The van der Waals surface area contributed by atoms with Crippen LogP contribution < -0.4 is 9.64 Å². The van der Waals surface area contributed by atoms with Gasteiger partial charge >= 0.3 is 12.1 Å². The van der Waals surface area contributed by atoms with Crippen LogP contribution in [-0.4, -0.2) is 86.4 Å². The van der Waals surface area contributed by atoms with Crippen molar-refractivity contribution in [2.24, 2.45) is 11.8 Å². The van der Waals surface area contributed by atoms with E-state index >= 15 is 4.39 Å². The first-order chi connectivity index (χ1) is 24.6. The lowest BCUT2D eigenvalue weighted by molar-refractivity contribution is 0.107. The summed E-state index contributed by atoms with van der Waals surface area (Å²) in [5, 5.41) is 11.1. The van der Waals surface area contributed by atoms with Gasteiger partial charge in [-0.25, -0.2) is 18.0 Å². The molecule has 0 spiro atoms. The third-order valence-electron chi connectivity index (χ3n) is 11.9. The van der Waals surface area contributed by atoms with E-state index in [4.69, 9.17) is 16.1 Å². The van der Waals surface area contributed by atoms with Crippen molar-refractivity contribution in [1.82, 2.24) is 24.8 Å². The van der Waals surface area contributed by atoms with Gasteiger partial charge in [-0.15, -0.1) is 6.42 Å². The average molecular weight is 699 g/mol. The Morgan fingerprint density at radius 2 is 1.78 bits per heavy atom. The van der Waals surface area contributed by atoms with Gasteiger partial charge in [0.15, 0.2) is 5.82 Å². The number of benzene rings is 2. The van der Waals surface area contributed by atoms with Crippen LogP contribution in [0.1, 0.15) is 69.9 Å². The molecule has 51 heavy (non-hydrogen) atoms. The van der Waals surface area contributed by atoms with Crippen LogP contribution in [0, 0.1) is 30.0 Å². The smallest absolute Gasteiger partial charge is 0.407 e. The molecular formula is C39H41F3N6O3. The summed E-state index contributed by atoms with van der Waals surface area (Å²) < 4.78 is 51.9. The highest BCUT2D eigenvalue weighted by molar-refractivity contribution is 6.02. The van der Waals surface area contributed by atoms with Crippen molar-refractivity contribution < 1.29 is 27.8 Å². The van der Waals surface area contributed by atoms with E-state index < -0.39 is 18.3 Å². The maximum absolute atomic E-state index is 17.1. The van der Waals surface area contributed by atoms with Crippen molar-refractivity contribution in [1.29, 1.82) is 0 Å². The number of piperazine rings is 1. The van der Waals surface area contributed by atoms with E-state index in [0.29, 0.717) is 59.1 Å². The molecule has 8 rings (SSSR count). The van der Waals surface area contributed by atoms with Crippen molar-refractivity contribution in [2.45, 2.75) is 76.4 Å². The van der Waals surface area contributed by atoms with Gasteiger partial charge < -0.3 is 14.7 Å². The van der Waals surface area contributed by atoms with E-state index in [1.807, 2.05) is 4.90 Å². The van der Waals surface area contributed by atoms with E-state index in [2.05, 4.69) is 34.6 Å². The van der Waals surface area contributed by atoms with Crippen LogP contribution in [0.3, 0.4) is 0 Å². The molecule has 4 saturated heterocycles. The summed E-state index contributed by atoms with van der Waals surface area (Å²) in [6.07, 6.45) is 9.17. The molecule has 0 radical (unpaired) electrons. The van der Waals surface area contributed by atoms with Crippen LogP contribution in [0.2, 0.25) is 0 Å². The summed E-state index contributed by atoms with van der Waals surface area (Å²) in [5.41, 5.74) is -0.0665. The second kappa shape index (κ2) is 12.9. The fourth-order valence-electron chi connectivity index (χ4n) is 9.37. The predicted octanol–water partition coefficient (Wildman–Crippen LogP) is 7.51. The Bertz CT molecular complexity index is 2040. The Morgan fingerprint density at radius 1 is 1.08 bits per heavy atom. The zero-order chi connectivity index (χ0) is 35.6. The lowest BCUT2D eigenvalue weighted by Crippen LogP contribution is -2.55. The minimum atomic E-state index is -2.80. The molecule has 2 aromatic carbocycles. The van der Waals surface area contributed by atoms with Crippen molar-refractivity contribution in [2.75, 3.05) is 37.7 Å². The van der Waals surface area contributed by atoms with E-state index in [0.717, 1.165) is 51.6 Å². The summed E-state index contributed by atoms with van der Waals surface area (Å²) >= 11 is 0. The number of pyridine rings is 1. The average Bonchev–Trinajstić information content (AvgIpc) is 3.75. The second-order valence-electron chi connectivity index (χ2n) is 14.8. The number of terminal acetylenes is 1. The number of amides is 1. The number of anilines is 1. The first kappa shape index (κ1) is 33.5. The quantitative estimate of drug-likeness (QED) is 0.189. The number of aromatic nitrogens is 3. The minimum absolute atomic E-state index is 0.0197. The summed E-state index contributed by atoms with van der Waals surface area (Å²) in [5.74, 6) is 3.36. The number of carboxylic acid groups (broad SMARTS) is 1. The summed E-state index contributed by atoms with van der Waals surface area (Å²) in [6.45, 7) is 7.58. The molecule has 4 aliphatic rings. The number of alkyl halides is 2. The Balaban J connectivity index is 1.26. The zero-order valence-electron chi connectivity index (χ0n) is 28.8. The lowest BCUT2D eigenvalue weighted by atomic mass is 9.86. The van der Waals surface area contributed by atoms with Crippen LogP contribution in [0.25, 0.3) is 32.9 Å². The molecule has 2 bridgehead atoms. The number of carbonyl (C=O) groups is 1. The monoisotopic (exact) mass is 698 g/mol. The maximum Gasteiger partial charge on any atom is 0.407 e. The highest BCUT2D eigenvalue weighted by Crippen LogP contribution is 2.46. The van der Waals surface area contributed by atoms with Crippen molar-refractivity contribution in [3.8, 4) is 29.6 Å². The molecule has 1 N–H and O–H groups in total. The second-order valence-corrected chi connectivity index (χ2v) is 14.8. The largest absolute Gasteiger partial charge is 0.465 e. The van der Waals surface area contributed by atoms with Gasteiger partial charge in [0.05, 0.1) is 23.0 Å². The van der Waals surface area contributed by atoms with Gasteiger partial charge in [-0.05, 0) is 61.1 Å². The number of halogens is 3. The summed E-state index contributed by atoms with van der Waals surface area (Å²) in [6, 6.07) is 7.19. The van der Waals surface area contributed by atoms with E-state index in [1.165, 1.54) is 23.2 Å². The Hall–Kier alpha value is -4.63. The Morgan fingerprint density at radius 3 is 2.41 bits per heavy atom. The van der Waals surface area contributed by atoms with Crippen LogP contribution in [-0.2, 0) is 0 Å². The fraction of sp³-hybridized carbons (Fsp3) is 0.487. The number of hydrogen-bond donors (Lipinski definition) is 1. The van der Waals surface area contributed by atoms with Crippen LogP contribution >= 0.6 is 0 Å². The molecule has 266 valence electrons. The molecule has 12 heteroatoms. The van der Waals surface area contributed by atoms with Crippen molar-refractivity contribution in [3.05, 3.63) is 53.5 Å². The van der Waals surface area contributed by atoms with Crippen LogP contribution in [0.4, 0.5) is 23.8 Å². The molecule has 0 saturated carbocycles. The van der Waals surface area contributed by atoms with E-state index in [9.17, 15) is 18.7 Å². The number of nitrogens with zero attached hydrogens (tertiary/aromatic N) is 6.